The van der Waals surface area contributed by atoms with Crippen LogP contribution in [-0.2, 0) is 26.2 Å². The third-order valence-electron chi connectivity index (χ3n) is 5.07. The summed E-state index contributed by atoms with van der Waals surface area (Å²) in [4.78, 5) is 22.6. The van der Waals surface area contributed by atoms with Gasteiger partial charge in [0.1, 0.15) is 0 Å². The molecule has 0 heterocycles. The van der Waals surface area contributed by atoms with Gasteiger partial charge in [0.15, 0.2) is 0 Å². The summed E-state index contributed by atoms with van der Waals surface area (Å²) in [5.74, 6) is -1.37. The van der Waals surface area contributed by atoms with Crippen molar-refractivity contribution >= 4 is 11.9 Å². The highest BCUT2D eigenvalue weighted by molar-refractivity contribution is 5.90. The first kappa shape index (κ1) is 20.7. The van der Waals surface area contributed by atoms with E-state index in [1.165, 1.54) is 24.8 Å². The Balaban J connectivity index is 2.17. The quantitative estimate of drug-likeness (QED) is 0.368. The van der Waals surface area contributed by atoms with E-state index in [1.54, 1.807) is 12.2 Å². The number of unbranched alkanes of at least 4 members (excludes halogenated alkanes) is 2. The molecule has 0 saturated carbocycles. The van der Waals surface area contributed by atoms with Gasteiger partial charge in [-0.25, -0.2) is 9.59 Å². The molecular weight excluding hydrogens is 340 g/mol. The molecule has 0 saturated heterocycles. The Hall–Kier alpha value is -2.62. The number of aliphatic carboxylic acids is 1. The maximum atomic E-state index is 11.4. The second kappa shape index (κ2) is 9.91. The van der Waals surface area contributed by atoms with Crippen LogP contribution >= 0.6 is 0 Å². The molecule has 4 heteroatoms. The van der Waals surface area contributed by atoms with Gasteiger partial charge in [-0.15, -0.1) is 0 Å². The second-order valence-electron chi connectivity index (χ2n) is 6.93. The zero-order chi connectivity index (χ0) is 19.7. The molecule has 1 aliphatic carbocycles. The van der Waals surface area contributed by atoms with Crippen molar-refractivity contribution in [1.29, 1.82) is 0 Å². The first-order chi connectivity index (χ1) is 13.0. The van der Waals surface area contributed by atoms with E-state index in [-0.39, 0.29) is 12.0 Å². The van der Waals surface area contributed by atoms with Gasteiger partial charge in [0.05, 0.1) is 12.2 Å². The fourth-order valence-electron chi connectivity index (χ4n) is 3.36. The monoisotopic (exact) mass is 368 g/mol. The van der Waals surface area contributed by atoms with Crippen molar-refractivity contribution in [2.75, 3.05) is 6.61 Å². The van der Waals surface area contributed by atoms with Crippen molar-refractivity contribution in [2.45, 2.75) is 50.9 Å². The van der Waals surface area contributed by atoms with Gasteiger partial charge >= 0.3 is 11.9 Å². The van der Waals surface area contributed by atoms with E-state index in [1.807, 2.05) is 6.08 Å². The number of carbonyl (C=O) groups excluding carboxylic acids is 1. The lowest BCUT2D eigenvalue weighted by Gasteiger charge is -2.32. The number of hydrogen-bond acceptors (Lipinski definition) is 3. The number of hydrogen-bond donors (Lipinski definition) is 1. The highest BCUT2D eigenvalue weighted by atomic mass is 16.5. The molecule has 0 bridgehead atoms. The van der Waals surface area contributed by atoms with Crippen molar-refractivity contribution < 1.29 is 19.4 Å². The van der Waals surface area contributed by atoms with Gasteiger partial charge in [-0.3, -0.25) is 0 Å². The molecule has 27 heavy (non-hydrogen) atoms. The minimum Gasteiger partial charge on any atom is -0.478 e. The zero-order valence-corrected chi connectivity index (χ0v) is 15.9. The molecule has 2 rings (SSSR count). The van der Waals surface area contributed by atoms with Crippen LogP contribution in [0.1, 0.15) is 50.2 Å². The van der Waals surface area contributed by atoms with E-state index in [2.05, 4.69) is 37.8 Å². The molecule has 1 aromatic carbocycles. The van der Waals surface area contributed by atoms with Crippen molar-refractivity contribution in [2.24, 2.45) is 0 Å². The average Bonchev–Trinajstić information content (AvgIpc) is 2.69. The number of carboxylic acids is 1. The number of carbonyl (C=O) groups is 2. The maximum absolute atomic E-state index is 11.4. The SMILES string of the molecule is C=CC(=O)OCCC1(c2ccc(CCCCC)cc2)C=CC(C(=O)O)=CC1. The summed E-state index contributed by atoms with van der Waals surface area (Å²) in [6.07, 6.45) is 12.3. The fourth-order valence-corrected chi connectivity index (χ4v) is 3.36. The van der Waals surface area contributed by atoms with Crippen molar-refractivity contribution in [3.63, 3.8) is 0 Å². The summed E-state index contributed by atoms with van der Waals surface area (Å²) in [5.41, 5.74) is 2.34. The standard InChI is InChI=1S/C23H28O4/c1-3-5-6-7-18-8-10-20(11-9-18)23(16-17-27-21(24)4-2)14-12-19(13-15-23)22(25)26/h4,8-14H,2-3,5-7,15-17H2,1H3,(H,25,26). The van der Waals surface area contributed by atoms with Gasteiger partial charge in [-0.1, -0.05) is 68.8 Å². The molecular formula is C23H28O4. The predicted molar refractivity (Wildman–Crippen MR) is 107 cm³/mol. The number of esters is 1. The summed E-state index contributed by atoms with van der Waals surface area (Å²) in [7, 11) is 0. The number of ether oxygens (including phenoxy) is 1. The fraction of sp³-hybridized carbons (Fsp3) is 0.391. The number of allylic oxidation sites excluding steroid dienone is 2. The number of rotatable bonds is 10. The molecule has 0 amide bonds. The molecule has 1 N–H and O–H groups in total. The Morgan fingerprint density at radius 2 is 2.00 bits per heavy atom. The lowest BCUT2D eigenvalue weighted by atomic mass is 9.72. The lowest BCUT2D eigenvalue weighted by molar-refractivity contribution is -0.138. The summed E-state index contributed by atoms with van der Waals surface area (Å²) in [6, 6.07) is 8.51. The summed E-state index contributed by atoms with van der Waals surface area (Å²) < 4.78 is 5.18. The summed E-state index contributed by atoms with van der Waals surface area (Å²) in [5, 5.41) is 9.20. The smallest absolute Gasteiger partial charge is 0.335 e. The number of carboxylic acid groups (broad SMARTS) is 1. The van der Waals surface area contributed by atoms with Gasteiger partial charge < -0.3 is 9.84 Å². The van der Waals surface area contributed by atoms with E-state index in [4.69, 9.17) is 4.74 Å². The summed E-state index contributed by atoms with van der Waals surface area (Å²) >= 11 is 0. The van der Waals surface area contributed by atoms with Crippen molar-refractivity contribution in [3.05, 3.63) is 71.8 Å². The van der Waals surface area contributed by atoms with Crippen LogP contribution in [0.4, 0.5) is 0 Å². The minimum absolute atomic E-state index is 0.254. The highest BCUT2D eigenvalue weighted by Gasteiger charge is 2.31. The number of benzene rings is 1. The molecule has 0 spiro atoms. The lowest BCUT2D eigenvalue weighted by Crippen LogP contribution is -2.28. The van der Waals surface area contributed by atoms with Crippen molar-refractivity contribution in [3.8, 4) is 0 Å². The van der Waals surface area contributed by atoms with E-state index in [0.717, 1.165) is 18.1 Å². The van der Waals surface area contributed by atoms with Gasteiger partial charge in [0.2, 0.25) is 0 Å². The highest BCUT2D eigenvalue weighted by Crippen LogP contribution is 2.37. The molecule has 0 aromatic heterocycles. The third-order valence-corrected chi connectivity index (χ3v) is 5.07. The van der Waals surface area contributed by atoms with Gasteiger partial charge in [0.25, 0.3) is 0 Å². The average molecular weight is 368 g/mol. The van der Waals surface area contributed by atoms with Crippen LogP contribution in [-0.4, -0.2) is 23.7 Å². The zero-order valence-electron chi connectivity index (χ0n) is 15.9. The molecule has 144 valence electrons. The molecule has 0 radical (unpaired) electrons. The maximum Gasteiger partial charge on any atom is 0.335 e. The van der Waals surface area contributed by atoms with Crippen molar-refractivity contribution in [1.82, 2.24) is 0 Å². The van der Waals surface area contributed by atoms with Crippen LogP contribution in [0, 0.1) is 0 Å². The summed E-state index contributed by atoms with van der Waals surface area (Å²) in [6.45, 7) is 5.86. The van der Waals surface area contributed by atoms with Gasteiger partial charge in [-0.2, -0.15) is 0 Å². The van der Waals surface area contributed by atoms with E-state index in [0.29, 0.717) is 18.4 Å². The van der Waals surface area contributed by atoms with Crippen LogP contribution in [0.15, 0.2) is 60.7 Å². The van der Waals surface area contributed by atoms with Crippen LogP contribution in [0.3, 0.4) is 0 Å². The molecule has 4 nitrogen and oxygen atoms in total. The number of aryl methyl sites for hydroxylation is 1. The molecule has 1 aromatic rings. The topological polar surface area (TPSA) is 63.6 Å². The Morgan fingerprint density at radius 1 is 1.26 bits per heavy atom. The Kier molecular flexibility index (Phi) is 7.59. The predicted octanol–water partition coefficient (Wildman–Crippen LogP) is 4.75. The van der Waals surface area contributed by atoms with Gasteiger partial charge in [0, 0.05) is 11.5 Å². The molecule has 1 aliphatic rings. The Bertz CT molecular complexity index is 727. The first-order valence-electron chi connectivity index (χ1n) is 9.52. The molecule has 0 aliphatic heterocycles. The Morgan fingerprint density at radius 3 is 2.56 bits per heavy atom. The van der Waals surface area contributed by atoms with E-state index < -0.39 is 11.9 Å². The molecule has 0 fully saturated rings. The molecule has 1 atom stereocenters. The van der Waals surface area contributed by atoms with Crippen LogP contribution in [0.25, 0.3) is 0 Å². The van der Waals surface area contributed by atoms with Crippen LogP contribution in [0.5, 0.6) is 0 Å². The first-order valence-corrected chi connectivity index (χ1v) is 9.52. The molecule has 1 unspecified atom stereocenters. The largest absolute Gasteiger partial charge is 0.478 e. The third kappa shape index (κ3) is 5.68. The van der Waals surface area contributed by atoms with E-state index in [9.17, 15) is 14.7 Å². The van der Waals surface area contributed by atoms with Gasteiger partial charge in [-0.05, 0) is 36.8 Å². The van der Waals surface area contributed by atoms with Crippen LogP contribution in [0.2, 0.25) is 0 Å². The normalized spacial score (nSPS) is 18.6. The minimum atomic E-state index is -0.927. The van der Waals surface area contributed by atoms with E-state index >= 15 is 0 Å². The Labute approximate surface area is 161 Å². The second-order valence-corrected chi connectivity index (χ2v) is 6.93. The van der Waals surface area contributed by atoms with Crippen LogP contribution < -0.4 is 0 Å².